The average molecular weight is 307 g/mol. The van der Waals surface area contributed by atoms with Crippen molar-refractivity contribution in [3.05, 3.63) is 23.2 Å². The highest BCUT2D eigenvalue weighted by molar-refractivity contribution is 6.54. The second-order valence-electron chi connectivity index (χ2n) is 6.55. The van der Waals surface area contributed by atoms with Gasteiger partial charge in [-0.15, -0.1) is 0 Å². The number of hydrogen-bond acceptors (Lipinski definition) is 4. The van der Waals surface area contributed by atoms with Crippen molar-refractivity contribution in [2.24, 2.45) is 0 Å². The molecule has 1 fully saturated rings. The molecule has 1 N–H and O–H groups in total. The first-order chi connectivity index (χ1) is 10.2. The molecule has 6 nitrogen and oxygen atoms in total. The highest BCUT2D eigenvalue weighted by Gasteiger charge is 2.53. The third kappa shape index (κ3) is 2.36. The van der Waals surface area contributed by atoms with Gasteiger partial charge >= 0.3 is 7.12 Å². The van der Waals surface area contributed by atoms with Crippen LogP contribution in [0, 0.1) is 0 Å². The van der Waals surface area contributed by atoms with Gasteiger partial charge in [0.15, 0.2) is 0 Å². The van der Waals surface area contributed by atoms with Crippen LogP contribution in [-0.2, 0) is 15.9 Å². The van der Waals surface area contributed by atoms with E-state index in [1.807, 2.05) is 27.7 Å². The molecule has 3 rings (SSSR count). The van der Waals surface area contributed by atoms with E-state index in [4.69, 9.17) is 9.31 Å². The van der Waals surface area contributed by atoms with E-state index >= 15 is 0 Å². The third-order valence-electron chi connectivity index (χ3n) is 4.46. The molecule has 3 heterocycles. The summed E-state index contributed by atoms with van der Waals surface area (Å²) < 4.78 is 27.4. The standard InChI is InChI=1S/C14H19BFN3O3/c1-13(2)14(3,4)22-15(21-13)10(16)7-9-8-18-19-6-5-17-12(20)11(9)19/h7-8H,5-6H2,1-4H3,(H,17,20). The molecule has 0 bridgehead atoms. The Balaban J connectivity index is 1.88. The number of amides is 1. The Bertz CT molecular complexity index is 638. The molecule has 0 spiro atoms. The maximum absolute atomic E-state index is 14.5. The monoisotopic (exact) mass is 307 g/mol. The van der Waals surface area contributed by atoms with E-state index in [1.165, 1.54) is 12.3 Å². The summed E-state index contributed by atoms with van der Waals surface area (Å²) in [5.41, 5.74) is -1.02. The summed E-state index contributed by atoms with van der Waals surface area (Å²) in [7, 11) is -1.08. The first-order valence-corrected chi connectivity index (χ1v) is 7.28. The lowest BCUT2D eigenvalue weighted by molar-refractivity contribution is 0.00578. The molecule has 0 unspecified atom stereocenters. The lowest BCUT2D eigenvalue weighted by atomic mass is 9.87. The van der Waals surface area contributed by atoms with E-state index in [-0.39, 0.29) is 5.91 Å². The van der Waals surface area contributed by atoms with Gasteiger partial charge in [-0.3, -0.25) is 9.48 Å². The average Bonchev–Trinajstić information content (AvgIpc) is 2.90. The number of halogens is 1. The van der Waals surface area contributed by atoms with Crippen LogP contribution in [0.1, 0.15) is 43.7 Å². The fraction of sp³-hybridized carbons (Fsp3) is 0.571. The molecule has 0 aliphatic carbocycles. The van der Waals surface area contributed by atoms with E-state index in [1.54, 1.807) is 4.68 Å². The first kappa shape index (κ1) is 15.2. The molecular weight excluding hydrogens is 288 g/mol. The lowest BCUT2D eigenvalue weighted by Crippen LogP contribution is -2.41. The van der Waals surface area contributed by atoms with Crippen LogP contribution in [0.25, 0.3) is 6.08 Å². The Morgan fingerprint density at radius 1 is 1.41 bits per heavy atom. The SMILES string of the molecule is CC1(C)OB(C(F)=Cc2cnn3c2C(=O)NCC3)OC1(C)C. The zero-order valence-corrected chi connectivity index (χ0v) is 13.1. The Kier molecular flexibility index (Phi) is 3.41. The van der Waals surface area contributed by atoms with Crippen molar-refractivity contribution in [1.29, 1.82) is 0 Å². The molecule has 0 atom stereocenters. The van der Waals surface area contributed by atoms with E-state index in [2.05, 4.69) is 10.4 Å². The van der Waals surface area contributed by atoms with Crippen molar-refractivity contribution < 1.29 is 18.5 Å². The lowest BCUT2D eigenvalue weighted by Gasteiger charge is -2.32. The summed E-state index contributed by atoms with van der Waals surface area (Å²) in [6.07, 6.45) is 2.73. The Labute approximate surface area is 128 Å². The fourth-order valence-electron chi connectivity index (χ4n) is 2.45. The Hall–Kier alpha value is -1.67. The van der Waals surface area contributed by atoms with Gasteiger partial charge in [-0.2, -0.15) is 5.10 Å². The van der Waals surface area contributed by atoms with Crippen molar-refractivity contribution in [1.82, 2.24) is 15.1 Å². The number of aromatic nitrogens is 2. The second-order valence-corrected chi connectivity index (χ2v) is 6.55. The zero-order valence-electron chi connectivity index (χ0n) is 13.1. The Morgan fingerprint density at radius 2 is 2.05 bits per heavy atom. The molecule has 1 amide bonds. The highest BCUT2D eigenvalue weighted by Crippen LogP contribution is 2.39. The summed E-state index contributed by atoms with van der Waals surface area (Å²) in [5.74, 6) is -0.253. The van der Waals surface area contributed by atoms with E-state index < -0.39 is 24.0 Å². The number of rotatable bonds is 2. The molecule has 8 heteroatoms. The molecule has 2 aliphatic rings. The molecule has 2 aliphatic heterocycles. The molecule has 0 radical (unpaired) electrons. The van der Waals surface area contributed by atoms with Gasteiger partial charge in [-0.1, -0.05) is 0 Å². The molecule has 0 aromatic carbocycles. The number of nitrogens with one attached hydrogen (secondary N) is 1. The smallest absolute Gasteiger partial charge is 0.398 e. The number of fused-ring (bicyclic) bond motifs is 1. The zero-order chi connectivity index (χ0) is 16.1. The molecule has 1 aromatic heterocycles. The van der Waals surface area contributed by atoms with Gasteiger partial charge in [0, 0.05) is 12.1 Å². The van der Waals surface area contributed by atoms with Crippen LogP contribution in [0.15, 0.2) is 11.9 Å². The maximum Gasteiger partial charge on any atom is 0.525 e. The van der Waals surface area contributed by atoms with E-state index in [0.29, 0.717) is 24.3 Å². The summed E-state index contributed by atoms with van der Waals surface area (Å²) in [4.78, 5) is 11.9. The van der Waals surface area contributed by atoms with Gasteiger partial charge in [0.1, 0.15) is 11.4 Å². The van der Waals surface area contributed by atoms with Crippen LogP contribution < -0.4 is 5.32 Å². The Morgan fingerprint density at radius 3 is 2.68 bits per heavy atom. The molecule has 0 saturated carbocycles. The van der Waals surface area contributed by atoms with Crippen molar-refractivity contribution in [3.63, 3.8) is 0 Å². The van der Waals surface area contributed by atoms with E-state index in [9.17, 15) is 9.18 Å². The second kappa shape index (κ2) is 4.92. The van der Waals surface area contributed by atoms with Crippen molar-refractivity contribution in [3.8, 4) is 0 Å². The van der Waals surface area contributed by atoms with Crippen LogP contribution in [0.4, 0.5) is 4.39 Å². The topological polar surface area (TPSA) is 65.4 Å². The highest BCUT2D eigenvalue weighted by atomic mass is 19.1. The van der Waals surface area contributed by atoms with Crippen molar-refractivity contribution in [2.45, 2.75) is 45.4 Å². The molecule has 118 valence electrons. The minimum atomic E-state index is -1.08. The summed E-state index contributed by atoms with van der Waals surface area (Å²) >= 11 is 0. The fourth-order valence-corrected chi connectivity index (χ4v) is 2.45. The van der Waals surface area contributed by atoms with Crippen LogP contribution in [0.3, 0.4) is 0 Å². The van der Waals surface area contributed by atoms with Crippen molar-refractivity contribution in [2.75, 3.05) is 6.54 Å². The van der Waals surface area contributed by atoms with Crippen molar-refractivity contribution >= 4 is 19.1 Å². The van der Waals surface area contributed by atoms with Crippen LogP contribution in [0.2, 0.25) is 0 Å². The van der Waals surface area contributed by atoms with Crippen LogP contribution >= 0.6 is 0 Å². The van der Waals surface area contributed by atoms with E-state index in [0.717, 1.165) is 0 Å². The molecular formula is C14H19BFN3O3. The van der Waals surface area contributed by atoms with Gasteiger partial charge in [-0.25, -0.2) is 4.39 Å². The molecule has 22 heavy (non-hydrogen) atoms. The summed E-state index contributed by atoms with van der Waals surface area (Å²) in [6.45, 7) is 8.53. The summed E-state index contributed by atoms with van der Waals surface area (Å²) in [5, 5.41) is 6.83. The number of hydrogen-bond donors (Lipinski definition) is 1. The predicted octanol–water partition coefficient (Wildman–Crippen LogP) is 1.57. The quantitative estimate of drug-likeness (QED) is 0.842. The minimum Gasteiger partial charge on any atom is -0.398 e. The van der Waals surface area contributed by atoms with Crippen LogP contribution in [-0.4, -0.2) is 40.6 Å². The minimum absolute atomic E-state index is 0.253. The van der Waals surface area contributed by atoms with Crippen LogP contribution in [0.5, 0.6) is 0 Å². The number of carbonyl (C=O) groups is 1. The predicted molar refractivity (Wildman–Crippen MR) is 79.7 cm³/mol. The van der Waals surface area contributed by atoms with Gasteiger partial charge in [0.25, 0.3) is 5.91 Å². The first-order valence-electron chi connectivity index (χ1n) is 7.28. The number of nitrogens with zero attached hydrogens (tertiary/aromatic N) is 2. The van der Waals surface area contributed by atoms with Gasteiger partial charge in [0.05, 0.1) is 23.9 Å². The summed E-state index contributed by atoms with van der Waals surface area (Å²) in [6, 6.07) is 0. The van der Waals surface area contributed by atoms with Gasteiger partial charge in [0.2, 0.25) is 0 Å². The maximum atomic E-state index is 14.5. The third-order valence-corrected chi connectivity index (χ3v) is 4.46. The normalized spacial score (nSPS) is 23.4. The largest absolute Gasteiger partial charge is 0.525 e. The molecule has 1 saturated heterocycles. The van der Waals surface area contributed by atoms with Gasteiger partial charge < -0.3 is 14.6 Å². The number of carbonyl (C=O) groups excluding carboxylic acids is 1. The van der Waals surface area contributed by atoms with Gasteiger partial charge in [-0.05, 0) is 33.8 Å². The molecule has 1 aromatic rings.